The van der Waals surface area contributed by atoms with E-state index in [1.165, 1.54) is 12.1 Å². The highest BCUT2D eigenvalue weighted by molar-refractivity contribution is 7.89. The Balaban J connectivity index is 1.82. The molecule has 2 rings (SSSR count). The van der Waals surface area contributed by atoms with E-state index < -0.39 is 10.0 Å². The third kappa shape index (κ3) is 4.69. The van der Waals surface area contributed by atoms with Crippen LogP contribution in [0, 0.1) is 5.92 Å². The molecular weight excluding hydrogens is 312 g/mol. The predicted molar refractivity (Wildman–Crippen MR) is 81.6 cm³/mol. The molecule has 0 aliphatic heterocycles. The Hall–Kier alpha value is -1.11. The summed E-state index contributed by atoms with van der Waals surface area (Å²) in [5.74, 6) is 0.435. The van der Waals surface area contributed by atoms with E-state index in [0.717, 1.165) is 12.8 Å². The van der Waals surface area contributed by atoms with E-state index in [9.17, 15) is 13.2 Å². The lowest BCUT2D eigenvalue weighted by Gasteiger charge is -2.13. The zero-order valence-electron chi connectivity index (χ0n) is 11.8. The van der Waals surface area contributed by atoms with Crippen molar-refractivity contribution in [3.05, 3.63) is 29.3 Å². The number of amides is 1. The van der Waals surface area contributed by atoms with Gasteiger partial charge in [0.1, 0.15) is 4.90 Å². The van der Waals surface area contributed by atoms with Crippen LogP contribution < -0.4 is 10.0 Å². The maximum absolute atomic E-state index is 12.0. The maximum Gasteiger partial charge on any atom is 0.242 e. The molecule has 1 fully saturated rings. The van der Waals surface area contributed by atoms with Gasteiger partial charge in [0.15, 0.2) is 0 Å². The first-order valence-corrected chi connectivity index (χ1v) is 8.80. The van der Waals surface area contributed by atoms with Gasteiger partial charge in [-0.05, 0) is 37.8 Å². The molecule has 1 aliphatic carbocycles. The average Bonchev–Trinajstić information content (AvgIpc) is 3.22. The number of hydrogen-bond donors (Lipinski definition) is 2. The lowest BCUT2D eigenvalue weighted by atomic mass is 10.2. The van der Waals surface area contributed by atoms with Gasteiger partial charge in [0.05, 0.1) is 5.02 Å². The van der Waals surface area contributed by atoms with Crippen LogP contribution in [0.2, 0.25) is 5.02 Å². The molecule has 116 valence electrons. The van der Waals surface area contributed by atoms with Crippen molar-refractivity contribution < 1.29 is 13.2 Å². The van der Waals surface area contributed by atoms with Crippen LogP contribution in [-0.2, 0) is 14.8 Å². The predicted octanol–water partition coefficient (Wildman–Crippen LogP) is 1.92. The second kappa shape index (κ2) is 6.77. The number of nitrogens with one attached hydrogen (secondary N) is 2. The first-order valence-electron chi connectivity index (χ1n) is 6.94. The summed E-state index contributed by atoms with van der Waals surface area (Å²) in [6.45, 7) is 2.03. The Labute approximate surface area is 130 Å². The zero-order chi connectivity index (χ0) is 15.5. The zero-order valence-corrected chi connectivity index (χ0v) is 13.4. The number of carbonyl (C=O) groups excluding carboxylic acids is 1. The summed E-state index contributed by atoms with van der Waals surface area (Å²) < 4.78 is 26.5. The Kier molecular flexibility index (Phi) is 5.24. The normalized spacial score (nSPS) is 16.5. The molecule has 0 saturated heterocycles. The number of carbonyl (C=O) groups is 1. The van der Waals surface area contributed by atoms with Gasteiger partial charge in [0.2, 0.25) is 15.9 Å². The van der Waals surface area contributed by atoms with Gasteiger partial charge < -0.3 is 5.32 Å². The SMILES string of the molecule is CC(NC(=O)CCNS(=O)(=O)c1ccccc1Cl)C1CC1. The Morgan fingerprint density at radius 3 is 2.67 bits per heavy atom. The van der Waals surface area contributed by atoms with Crippen molar-refractivity contribution in [2.75, 3.05) is 6.54 Å². The lowest BCUT2D eigenvalue weighted by Crippen LogP contribution is -2.36. The van der Waals surface area contributed by atoms with Crippen LogP contribution in [0.5, 0.6) is 0 Å². The van der Waals surface area contributed by atoms with Crippen molar-refractivity contribution in [1.29, 1.82) is 0 Å². The quantitative estimate of drug-likeness (QED) is 0.802. The van der Waals surface area contributed by atoms with Crippen molar-refractivity contribution in [1.82, 2.24) is 10.0 Å². The Bertz CT molecular complexity index is 614. The minimum absolute atomic E-state index is 0.0263. The fourth-order valence-corrected chi connectivity index (χ4v) is 3.63. The summed E-state index contributed by atoms with van der Waals surface area (Å²) in [4.78, 5) is 11.7. The minimum atomic E-state index is -3.68. The molecule has 1 aromatic carbocycles. The van der Waals surface area contributed by atoms with Gasteiger partial charge in [-0.3, -0.25) is 4.79 Å². The molecule has 0 bridgehead atoms. The summed E-state index contributed by atoms with van der Waals surface area (Å²) in [6.07, 6.45) is 2.42. The van der Waals surface area contributed by atoms with Crippen molar-refractivity contribution in [2.24, 2.45) is 5.92 Å². The van der Waals surface area contributed by atoms with Crippen LogP contribution in [0.25, 0.3) is 0 Å². The third-order valence-corrected chi connectivity index (χ3v) is 5.45. The topological polar surface area (TPSA) is 75.3 Å². The van der Waals surface area contributed by atoms with Crippen molar-refractivity contribution >= 4 is 27.5 Å². The molecule has 1 unspecified atom stereocenters. The summed E-state index contributed by atoms with van der Waals surface area (Å²) in [7, 11) is -3.68. The molecule has 0 spiro atoms. The van der Waals surface area contributed by atoms with Crippen molar-refractivity contribution in [3.63, 3.8) is 0 Å². The van der Waals surface area contributed by atoms with E-state index in [1.54, 1.807) is 12.1 Å². The van der Waals surface area contributed by atoms with Crippen LogP contribution in [0.1, 0.15) is 26.2 Å². The van der Waals surface area contributed by atoms with Gasteiger partial charge in [-0.25, -0.2) is 13.1 Å². The summed E-state index contributed by atoms with van der Waals surface area (Å²) in [5, 5.41) is 3.04. The molecule has 7 heteroatoms. The van der Waals surface area contributed by atoms with Crippen LogP contribution >= 0.6 is 11.6 Å². The molecule has 1 amide bonds. The van der Waals surface area contributed by atoms with Crippen LogP contribution in [0.15, 0.2) is 29.2 Å². The molecule has 2 N–H and O–H groups in total. The molecule has 1 aromatic rings. The highest BCUT2D eigenvalue weighted by Crippen LogP contribution is 2.32. The van der Waals surface area contributed by atoms with Gasteiger partial charge in [-0.2, -0.15) is 0 Å². The number of halogens is 1. The molecule has 0 heterocycles. The molecular formula is C14H19ClN2O3S. The van der Waals surface area contributed by atoms with E-state index in [4.69, 9.17) is 11.6 Å². The molecule has 0 radical (unpaired) electrons. The van der Waals surface area contributed by atoms with E-state index in [-0.39, 0.29) is 34.8 Å². The van der Waals surface area contributed by atoms with Crippen LogP contribution in [-0.4, -0.2) is 26.9 Å². The van der Waals surface area contributed by atoms with Crippen LogP contribution in [0.4, 0.5) is 0 Å². The smallest absolute Gasteiger partial charge is 0.242 e. The van der Waals surface area contributed by atoms with E-state index in [0.29, 0.717) is 5.92 Å². The molecule has 0 aromatic heterocycles. The van der Waals surface area contributed by atoms with Crippen molar-refractivity contribution in [2.45, 2.75) is 37.1 Å². The average molecular weight is 331 g/mol. The van der Waals surface area contributed by atoms with Crippen molar-refractivity contribution in [3.8, 4) is 0 Å². The Morgan fingerprint density at radius 1 is 1.38 bits per heavy atom. The van der Waals surface area contributed by atoms with E-state index >= 15 is 0 Å². The first-order chi connectivity index (χ1) is 9.90. The fourth-order valence-electron chi connectivity index (χ4n) is 2.08. The highest BCUT2D eigenvalue weighted by atomic mass is 35.5. The van der Waals surface area contributed by atoms with E-state index in [2.05, 4.69) is 10.0 Å². The summed E-state index contributed by atoms with van der Waals surface area (Å²) in [5.41, 5.74) is 0. The highest BCUT2D eigenvalue weighted by Gasteiger charge is 2.28. The first kappa shape index (κ1) is 16.3. The van der Waals surface area contributed by atoms with E-state index in [1.807, 2.05) is 6.92 Å². The van der Waals surface area contributed by atoms with Crippen LogP contribution in [0.3, 0.4) is 0 Å². The number of rotatable bonds is 7. The largest absolute Gasteiger partial charge is 0.353 e. The standard InChI is InChI=1S/C14H19ClN2O3S/c1-10(11-6-7-11)17-14(18)8-9-16-21(19,20)13-5-3-2-4-12(13)15/h2-5,10-11,16H,6-9H2,1H3,(H,17,18). The fraction of sp³-hybridized carbons (Fsp3) is 0.500. The summed E-state index contributed by atoms with van der Waals surface area (Å²) >= 11 is 5.86. The van der Waals surface area contributed by atoms with Gasteiger partial charge >= 0.3 is 0 Å². The number of benzene rings is 1. The number of hydrogen-bond acceptors (Lipinski definition) is 3. The molecule has 1 saturated carbocycles. The molecule has 5 nitrogen and oxygen atoms in total. The van der Waals surface area contributed by atoms with Gasteiger partial charge in [0, 0.05) is 19.0 Å². The molecule has 1 atom stereocenters. The van der Waals surface area contributed by atoms with Gasteiger partial charge in [0.25, 0.3) is 0 Å². The lowest BCUT2D eigenvalue weighted by molar-refractivity contribution is -0.121. The Morgan fingerprint density at radius 2 is 2.05 bits per heavy atom. The minimum Gasteiger partial charge on any atom is -0.353 e. The third-order valence-electron chi connectivity index (χ3n) is 3.49. The number of sulfonamides is 1. The monoisotopic (exact) mass is 330 g/mol. The van der Waals surface area contributed by atoms with Gasteiger partial charge in [-0.15, -0.1) is 0 Å². The maximum atomic E-state index is 12.0. The second-order valence-corrected chi connectivity index (χ2v) is 7.41. The molecule has 21 heavy (non-hydrogen) atoms. The second-order valence-electron chi connectivity index (χ2n) is 5.27. The van der Waals surface area contributed by atoms with Gasteiger partial charge in [-0.1, -0.05) is 23.7 Å². The molecule has 1 aliphatic rings. The summed E-state index contributed by atoms with van der Waals surface area (Å²) in [6, 6.07) is 6.37.